The zero-order valence-electron chi connectivity index (χ0n) is 14.0. The van der Waals surface area contributed by atoms with Gasteiger partial charge in [0.05, 0.1) is 31.2 Å². The average molecular weight is 316 g/mol. The van der Waals surface area contributed by atoms with E-state index in [0.717, 1.165) is 12.2 Å². The maximum Gasteiger partial charge on any atom is 0.308 e. The number of ether oxygens (including phenoxy) is 3. The normalized spacial score (nSPS) is 36.0. The van der Waals surface area contributed by atoms with Crippen molar-refractivity contribution in [2.45, 2.75) is 51.2 Å². The molecule has 0 N–H and O–H groups in total. The molecule has 1 aliphatic carbocycles. The number of benzene rings is 1. The second-order valence-electron chi connectivity index (χ2n) is 7.67. The van der Waals surface area contributed by atoms with Gasteiger partial charge in [-0.3, -0.25) is 4.79 Å². The van der Waals surface area contributed by atoms with Crippen molar-refractivity contribution in [3.05, 3.63) is 29.8 Å². The first-order valence-electron chi connectivity index (χ1n) is 8.52. The zero-order chi connectivity index (χ0) is 16.2. The molecule has 2 fully saturated rings. The molecule has 0 aromatic heterocycles. The van der Waals surface area contributed by atoms with Gasteiger partial charge in [-0.2, -0.15) is 0 Å². The van der Waals surface area contributed by atoms with E-state index in [1.807, 2.05) is 19.1 Å². The number of hydrogen-bond acceptors (Lipinski definition) is 4. The Labute approximate surface area is 137 Å². The molecule has 0 amide bonds. The molecular weight excluding hydrogens is 292 g/mol. The van der Waals surface area contributed by atoms with Gasteiger partial charge in [-0.15, -0.1) is 0 Å². The van der Waals surface area contributed by atoms with Crippen molar-refractivity contribution in [3.8, 4) is 5.75 Å². The topological polar surface area (TPSA) is 44.8 Å². The molecule has 0 bridgehead atoms. The molecule has 1 aromatic rings. The molecule has 3 aliphatic rings. The second kappa shape index (κ2) is 4.97. The minimum Gasteiger partial charge on any atom is -0.489 e. The van der Waals surface area contributed by atoms with Crippen molar-refractivity contribution in [1.82, 2.24) is 0 Å². The first-order chi connectivity index (χ1) is 11.0. The molecule has 124 valence electrons. The number of esters is 1. The minimum absolute atomic E-state index is 0.0753. The third kappa shape index (κ3) is 1.97. The van der Waals surface area contributed by atoms with Crippen LogP contribution in [0.15, 0.2) is 24.3 Å². The maximum atomic E-state index is 12.0. The van der Waals surface area contributed by atoms with Crippen molar-refractivity contribution in [1.29, 1.82) is 0 Å². The molecule has 0 radical (unpaired) electrons. The van der Waals surface area contributed by atoms with Crippen LogP contribution in [0.25, 0.3) is 0 Å². The van der Waals surface area contributed by atoms with E-state index in [-0.39, 0.29) is 34.9 Å². The average Bonchev–Trinajstić information content (AvgIpc) is 3.07. The quantitative estimate of drug-likeness (QED) is 0.804. The lowest BCUT2D eigenvalue weighted by Gasteiger charge is -2.34. The van der Waals surface area contributed by atoms with E-state index in [1.54, 1.807) is 0 Å². The van der Waals surface area contributed by atoms with E-state index in [1.165, 1.54) is 5.56 Å². The fourth-order valence-corrected chi connectivity index (χ4v) is 5.28. The monoisotopic (exact) mass is 316 g/mol. The summed E-state index contributed by atoms with van der Waals surface area (Å²) in [5.41, 5.74) is 1.22. The summed E-state index contributed by atoms with van der Waals surface area (Å²) in [6.07, 6.45) is 1.38. The molecular formula is C19H24O4. The molecule has 2 aliphatic heterocycles. The highest BCUT2D eigenvalue weighted by Gasteiger charge is 2.69. The van der Waals surface area contributed by atoms with Gasteiger partial charge in [0.15, 0.2) is 0 Å². The van der Waals surface area contributed by atoms with Crippen LogP contribution in [0.2, 0.25) is 0 Å². The Morgan fingerprint density at radius 3 is 2.91 bits per heavy atom. The van der Waals surface area contributed by atoms with Crippen molar-refractivity contribution < 1.29 is 19.0 Å². The lowest BCUT2D eigenvalue weighted by molar-refractivity contribution is -0.146. The summed E-state index contributed by atoms with van der Waals surface area (Å²) in [4.78, 5) is 12.0. The summed E-state index contributed by atoms with van der Waals surface area (Å²) >= 11 is 0. The van der Waals surface area contributed by atoms with Crippen molar-refractivity contribution in [2.75, 3.05) is 13.2 Å². The van der Waals surface area contributed by atoms with Gasteiger partial charge in [0.1, 0.15) is 11.9 Å². The van der Waals surface area contributed by atoms with Gasteiger partial charge in [0, 0.05) is 11.5 Å². The zero-order valence-corrected chi connectivity index (χ0v) is 14.0. The van der Waals surface area contributed by atoms with Crippen LogP contribution in [0.1, 0.15) is 39.2 Å². The highest BCUT2D eigenvalue weighted by Crippen LogP contribution is 2.65. The van der Waals surface area contributed by atoms with E-state index in [0.29, 0.717) is 19.6 Å². The number of carbonyl (C=O) groups excluding carboxylic acids is 1. The summed E-state index contributed by atoms with van der Waals surface area (Å²) in [5, 5.41) is 0. The van der Waals surface area contributed by atoms with Crippen LogP contribution < -0.4 is 4.74 Å². The second-order valence-corrected chi connectivity index (χ2v) is 7.67. The Kier molecular flexibility index (Phi) is 3.24. The number of fused-ring (bicyclic) bond motifs is 1. The van der Waals surface area contributed by atoms with E-state index in [9.17, 15) is 4.79 Å². The van der Waals surface area contributed by atoms with Crippen molar-refractivity contribution >= 4 is 5.97 Å². The number of rotatable bonds is 3. The SMILES string of the molecule is CCOC(=O)C[C@H]1OC[C@@]23c4ccccc4O[C@@H]2CC(C)(C)[C@@H]13. The molecule has 4 heteroatoms. The van der Waals surface area contributed by atoms with E-state index in [4.69, 9.17) is 14.2 Å². The van der Waals surface area contributed by atoms with Crippen LogP contribution in [-0.2, 0) is 19.7 Å². The Bertz CT molecular complexity index is 638. The predicted octanol–water partition coefficient (Wildman–Crippen LogP) is 3.08. The van der Waals surface area contributed by atoms with Crippen LogP contribution in [0.4, 0.5) is 0 Å². The molecule has 1 aromatic carbocycles. The van der Waals surface area contributed by atoms with E-state index >= 15 is 0 Å². The van der Waals surface area contributed by atoms with E-state index < -0.39 is 0 Å². The number of carbonyl (C=O) groups is 1. The van der Waals surface area contributed by atoms with Gasteiger partial charge in [-0.1, -0.05) is 32.0 Å². The third-order valence-corrected chi connectivity index (χ3v) is 5.92. The largest absolute Gasteiger partial charge is 0.489 e. The highest BCUT2D eigenvalue weighted by atomic mass is 16.5. The summed E-state index contributed by atoms with van der Waals surface area (Å²) in [5.74, 6) is 1.09. The molecule has 4 atom stereocenters. The molecule has 4 nitrogen and oxygen atoms in total. The van der Waals surface area contributed by atoms with Crippen LogP contribution in [0.3, 0.4) is 0 Å². The Morgan fingerprint density at radius 1 is 1.35 bits per heavy atom. The van der Waals surface area contributed by atoms with Crippen molar-refractivity contribution in [2.24, 2.45) is 11.3 Å². The van der Waals surface area contributed by atoms with E-state index in [2.05, 4.69) is 26.0 Å². The van der Waals surface area contributed by atoms with Gasteiger partial charge in [-0.05, 0) is 24.8 Å². The summed E-state index contributed by atoms with van der Waals surface area (Å²) < 4.78 is 17.6. The van der Waals surface area contributed by atoms with Gasteiger partial charge in [-0.25, -0.2) is 0 Å². The Hall–Kier alpha value is -1.55. The van der Waals surface area contributed by atoms with Gasteiger partial charge in [0.25, 0.3) is 0 Å². The van der Waals surface area contributed by atoms with Gasteiger partial charge in [0.2, 0.25) is 0 Å². The minimum atomic E-state index is -0.166. The van der Waals surface area contributed by atoms with Crippen LogP contribution in [0, 0.1) is 11.3 Å². The first kappa shape index (κ1) is 15.0. The van der Waals surface area contributed by atoms with Gasteiger partial charge >= 0.3 is 5.97 Å². The van der Waals surface area contributed by atoms with Gasteiger partial charge < -0.3 is 14.2 Å². The molecule has 0 unspecified atom stereocenters. The van der Waals surface area contributed by atoms with Crippen LogP contribution in [0.5, 0.6) is 5.75 Å². The molecule has 1 saturated heterocycles. The fourth-order valence-electron chi connectivity index (χ4n) is 5.28. The molecule has 1 spiro atoms. The number of hydrogen-bond donors (Lipinski definition) is 0. The van der Waals surface area contributed by atoms with Crippen molar-refractivity contribution in [3.63, 3.8) is 0 Å². The summed E-state index contributed by atoms with van der Waals surface area (Å²) in [6, 6.07) is 8.30. The summed E-state index contributed by atoms with van der Waals surface area (Å²) in [7, 11) is 0. The molecule has 2 heterocycles. The smallest absolute Gasteiger partial charge is 0.308 e. The van der Waals surface area contributed by atoms with Crippen LogP contribution in [-0.4, -0.2) is 31.4 Å². The lowest BCUT2D eigenvalue weighted by atomic mass is 9.66. The molecule has 1 saturated carbocycles. The third-order valence-electron chi connectivity index (χ3n) is 5.92. The molecule has 23 heavy (non-hydrogen) atoms. The maximum absolute atomic E-state index is 12.0. The lowest BCUT2D eigenvalue weighted by Crippen LogP contribution is -2.41. The highest BCUT2D eigenvalue weighted by molar-refractivity contribution is 5.70. The number of para-hydroxylation sites is 1. The fraction of sp³-hybridized carbons (Fsp3) is 0.632. The summed E-state index contributed by atoms with van der Waals surface area (Å²) in [6.45, 7) is 7.44. The Morgan fingerprint density at radius 2 is 2.13 bits per heavy atom. The van der Waals surface area contributed by atoms with Crippen LogP contribution >= 0.6 is 0 Å². The molecule has 4 rings (SSSR count). The standard InChI is InChI=1S/C19H24O4/c1-4-21-16(20)9-14-17-18(2,3)10-15-19(17,11-22-14)12-7-5-6-8-13(12)23-15/h5-8,14-15,17H,4,9-11H2,1-3H3/t14-,15-,17-,19-/m1/s1. The Balaban J connectivity index is 1.72. The predicted molar refractivity (Wildman–Crippen MR) is 85.4 cm³/mol. The first-order valence-corrected chi connectivity index (χ1v) is 8.52.